The van der Waals surface area contributed by atoms with Crippen LogP contribution in [0.4, 0.5) is 5.69 Å². The van der Waals surface area contributed by atoms with Crippen LogP contribution in [-0.4, -0.2) is 42.1 Å². The molecule has 1 amide bonds. The lowest BCUT2D eigenvalue weighted by atomic mass is 10.2. The maximum Gasteiger partial charge on any atom is 0.267 e. The van der Waals surface area contributed by atoms with Crippen molar-refractivity contribution in [3.05, 3.63) is 45.4 Å². The molecule has 1 aromatic heterocycles. The van der Waals surface area contributed by atoms with Crippen molar-refractivity contribution in [1.82, 2.24) is 9.88 Å². The SMILES string of the molecule is Cc1cccc(NC(=O)c2sc(CN3CCOCC3)nc2C)c1. The van der Waals surface area contributed by atoms with Crippen molar-refractivity contribution in [3.8, 4) is 0 Å². The van der Waals surface area contributed by atoms with E-state index in [2.05, 4.69) is 15.2 Å². The molecule has 1 aliphatic rings. The van der Waals surface area contributed by atoms with E-state index in [4.69, 9.17) is 4.74 Å². The van der Waals surface area contributed by atoms with E-state index in [9.17, 15) is 4.79 Å². The number of thiazole rings is 1. The van der Waals surface area contributed by atoms with E-state index in [1.54, 1.807) is 0 Å². The van der Waals surface area contributed by atoms with Crippen LogP contribution in [-0.2, 0) is 11.3 Å². The Labute approximate surface area is 140 Å². The van der Waals surface area contributed by atoms with Gasteiger partial charge in [-0.1, -0.05) is 12.1 Å². The molecule has 1 fully saturated rings. The van der Waals surface area contributed by atoms with E-state index in [-0.39, 0.29) is 5.91 Å². The number of aryl methyl sites for hydroxylation is 2. The molecule has 0 saturated carbocycles. The standard InChI is InChI=1S/C17H21N3O2S/c1-12-4-3-5-14(10-12)19-17(21)16-13(2)18-15(23-16)11-20-6-8-22-9-7-20/h3-5,10H,6-9,11H2,1-2H3,(H,19,21). The second-order valence-corrected chi connectivity index (χ2v) is 6.82. The Morgan fingerprint density at radius 1 is 1.35 bits per heavy atom. The molecule has 0 unspecified atom stereocenters. The number of ether oxygens (including phenoxy) is 1. The van der Waals surface area contributed by atoms with Gasteiger partial charge < -0.3 is 10.1 Å². The van der Waals surface area contributed by atoms with Gasteiger partial charge in [0.1, 0.15) is 9.88 Å². The largest absolute Gasteiger partial charge is 0.379 e. The predicted octanol–water partition coefficient (Wildman–Crippen LogP) is 2.84. The second-order valence-electron chi connectivity index (χ2n) is 5.73. The van der Waals surface area contributed by atoms with Crippen LogP contribution >= 0.6 is 11.3 Å². The van der Waals surface area contributed by atoms with Gasteiger partial charge in [0.2, 0.25) is 0 Å². The number of nitrogens with zero attached hydrogens (tertiary/aromatic N) is 2. The van der Waals surface area contributed by atoms with E-state index in [1.165, 1.54) is 11.3 Å². The minimum atomic E-state index is -0.0844. The van der Waals surface area contributed by atoms with Crippen molar-refractivity contribution in [1.29, 1.82) is 0 Å². The lowest BCUT2D eigenvalue weighted by Crippen LogP contribution is -2.35. The third-order valence-electron chi connectivity index (χ3n) is 3.79. The number of morpholine rings is 1. The summed E-state index contributed by atoms with van der Waals surface area (Å²) in [6, 6.07) is 7.81. The van der Waals surface area contributed by atoms with Crippen LogP contribution in [0.3, 0.4) is 0 Å². The molecule has 3 rings (SSSR count). The molecule has 0 aliphatic carbocycles. The highest BCUT2D eigenvalue weighted by Crippen LogP contribution is 2.21. The minimum absolute atomic E-state index is 0.0844. The van der Waals surface area contributed by atoms with Crippen LogP contribution < -0.4 is 5.32 Å². The summed E-state index contributed by atoms with van der Waals surface area (Å²) in [5, 5.41) is 3.94. The summed E-state index contributed by atoms with van der Waals surface area (Å²) in [5.74, 6) is -0.0844. The monoisotopic (exact) mass is 331 g/mol. The van der Waals surface area contributed by atoms with E-state index < -0.39 is 0 Å². The molecule has 0 spiro atoms. The zero-order valence-corrected chi connectivity index (χ0v) is 14.3. The lowest BCUT2D eigenvalue weighted by molar-refractivity contribution is 0.0341. The number of carbonyl (C=O) groups excluding carboxylic acids is 1. The third kappa shape index (κ3) is 4.16. The normalized spacial score (nSPS) is 15.6. The first-order valence-corrected chi connectivity index (χ1v) is 8.58. The number of amides is 1. The average Bonchev–Trinajstić information content (AvgIpc) is 2.89. The fourth-order valence-electron chi connectivity index (χ4n) is 2.59. The number of hydrogen-bond acceptors (Lipinski definition) is 5. The molecule has 1 N–H and O–H groups in total. The van der Waals surface area contributed by atoms with Gasteiger partial charge in [-0.3, -0.25) is 9.69 Å². The molecule has 6 heteroatoms. The molecule has 0 radical (unpaired) electrons. The molecular formula is C17H21N3O2S. The number of nitrogens with one attached hydrogen (secondary N) is 1. The molecule has 0 bridgehead atoms. The Morgan fingerprint density at radius 3 is 2.87 bits per heavy atom. The highest BCUT2D eigenvalue weighted by atomic mass is 32.1. The zero-order chi connectivity index (χ0) is 16.2. The average molecular weight is 331 g/mol. The van der Waals surface area contributed by atoms with Gasteiger partial charge in [-0.25, -0.2) is 4.98 Å². The molecule has 1 saturated heterocycles. The van der Waals surface area contributed by atoms with Gasteiger partial charge in [-0.05, 0) is 31.5 Å². The summed E-state index contributed by atoms with van der Waals surface area (Å²) in [6.07, 6.45) is 0. The Bertz CT molecular complexity index is 693. The maximum atomic E-state index is 12.5. The quantitative estimate of drug-likeness (QED) is 0.936. The van der Waals surface area contributed by atoms with Gasteiger partial charge in [-0.2, -0.15) is 0 Å². The number of hydrogen-bond donors (Lipinski definition) is 1. The highest BCUT2D eigenvalue weighted by molar-refractivity contribution is 7.13. The fraction of sp³-hybridized carbons (Fsp3) is 0.412. The van der Waals surface area contributed by atoms with E-state index in [0.717, 1.165) is 54.8 Å². The molecule has 0 atom stereocenters. The van der Waals surface area contributed by atoms with Gasteiger partial charge in [0.25, 0.3) is 5.91 Å². The van der Waals surface area contributed by atoms with E-state index in [0.29, 0.717) is 4.88 Å². The van der Waals surface area contributed by atoms with Crippen molar-refractivity contribution in [2.75, 3.05) is 31.6 Å². The summed E-state index contributed by atoms with van der Waals surface area (Å²) in [5.41, 5.74) is 2.73. The first-order valence-electron chi connectivity index (χ1n) is 7.76. The van der Waals surface area contributed by atoms with Crippen molar-refractivity contribution in [2.24, 2.45) is 0 Å². The number of anilines is 1. The molecule has 2 heterocycles. The fourth-order valence-corrected chi connectivity index (χ4v) is 3.59. The van der Waals surface area contributed by atoms with Gasteiger partial charge in [-0.15, -0.1) is 11.3 Å². The Balaban J connectivity index is 1.68. The van der Waals surface area contributed by atoms with Crippen LogP contribution in [0.25, 0.3) is 0 Å². The molecular weight excluding hydrogens is 310 g/mol. The molecule has 122 valence electrons. The van der Waals surface area contributed by atoms with Crippen LogP contribution in [0.2, 0.25) is 0 Å². The van der Waals surface area contributed by atoms with Crippen molar-refractivity contribution in [2.45, 2.75) is 20.4 Å². The second kappa shape index (κ2) is 7.21. The van der Waals surface area contributed by atoms with E-state index >= 15 is 0 Å². The minimum Gasteiger partial charge on any atom is -0.379 e. The predicted molar refractivity (Wildman–Crippen MR) is 92.1 cm³/mol. The summed E-state index contributed by atoms with van der Waals surface area (Å²) >= 11 is 1.48. The Morgan fingerprint density at radius 2 is 2.13 bits per heavy atom. The molecule has 23 heavy (non-hydrogen) atoms. The van der Waals surface area contributed by atoms with E-state index in [1.807, 2.05) is 38.1 Å². The summed E-state index contributed by atoms with van der Waals surface area (Å²) in [6.45, 7) is 8.06. The van der Waals surface area contributed by atoms with Gasteiger partial charge in [0, 0.05) is 18.8 Å². The third-order valence-corrected chi connectivity index (χ3v) is 4.93. The Kier molecular flexibility index (Phi) is 5.05. The first-order chi connectivity index (χ1) is 11.1. The zero-order valence-electron chi connectivity index (χ0n) is 13.5. The highest BCUT2D eigenvalue weighted by Gasteiger charge is 2.18. The van der Waals surface area contributed by atoms with Gasteiger partial charge in [0.15, 0.2) is 0 Å². The van der Waals surface area contributed by atoms with Crippen LogP contribution in [0.5, 0.6) is 0 Å². The number of aromatic nitrogens is 1. The number of carbonyl (C=O) groups is 1. The van der Waals surface area contributed by atoms with Crippen molar-refractivity contribution >= 4 is 22.9 Å². The van der Waals surface area contributed by atoms with Crippen LogP contribution in [0.15, 0.2) is 24.3 Å². The lowest BCUT2D eigenvalue weighted by Gasteiger charge is -2.25. The molecule has 1 aromatic carbocycles. The van der Waals surface area contributed by atoms with Crippen LogP contribution in [0.1, 0.15) is 25.9 Å². The number of rotatable bonds is 4. The van der Waals surface area contributed by atoms with Gasteiger partial charge >= 0.3 is 0 Å². The van der Waals surface area contributed by atoms with Gasteiger partial charge in [0.05, 0.1) is 25.5 Å². The molecule has 2 aromatic rings. The maximum absolute atomic E-state index is 12.5. The molecule has 1 aliphatic heterocycles. The van der Waals surface area contributed by atoms with Crippen molar-refractivity contribution in [3.63, 3.8) is 0 Å². The first kappa shape index (κ1) is 16.1. The van der Waals surface area contributed by atoms with Crippen molar-refractivity contribution < 1.29 is 9.53 Å². The Hall–Kier alpha value is -1.76. The molecule has 5 nitrogen and oxygen atoms in total. The summed E-state index contributed by atoms with van der Waals surface area (Å²) in [4.78, 5) is 20.0. The number of benzene rings is 1. The topological polar surface area (TPSA) is 54.5 Å². The summed E-state index contributed by atoms with van der Waals surface area (Å²) < 4.78 is 5.36. The smallest absolute Gasteiger partial charge is 0.267 e. The van der Waals surface area contributed by atoms with Crippen LogP contribution in [0, 0.1) is 13.8 Å². The summed E-state index contributed by atoms with van der Waals surface area (Å²) in [7, 11) is 0.